The monoisotopic (exact) mass is 267 g/mol. The standard InChI is InChI=1S/C15H29N3O/c16-8-7-14-6-5-9-17(12-14)13-15(19)18-10-3-1-2-4-11-18/h14H,1-13,16H2. The van der Waals surface area contributed by atoms with Crippen molar-refractivity contribution in [3.8, 4) is 0 Å². The summed E-state index contributed by atoms with van der Waals surface area (Å²) in [6, 6.07) is 0. The zero-order chi connectivity index (χ0) is 13.5. The summed E-state index contributed by atoms with van der Waals surface area (Å²) in [5.74, 6) is 1.05. The van der Waals surface area contributed by atoms with Crippen LogP contribution in [-0.2, 0) is 4.79 Å². The van der Waals surface area contributed by atoms with E-state index >= 15 is 0 Å². The Bertz CT molecular complexity index is 273. The number of likely N-dealkylation sites (tertiary alicyclic amines) is 2. The molecule has 0 bridgehead atoms. The van der Waals surface area contributed by atoms with Crippen LogP contribution in [0.2, 0.25) is 0 Å². The lowest BCUT2D eigenvalue weighted by atomic mass is 9.95. The average molecular weight is 267 g/mol. The molecule has 2 N–H and O–H groups in total. The molecule has 0 spiro atoms. The smallest absolute Gasteiger partial charge is 0.236 e. The number of hydrogen-bond donors (Lipinski definition) is 1. The molecular formula is C15H29N3O. The number of piperidine rings is 1. The number of nitrogens with two attached hydrogens (primary N) is 1. The molecule has 1 amide bonds. The molecule has 0 aromatic rings. The van der Waals surface area contributed by atoms with Crippen LogP contribution < -0.4 is 5.73 Å². The zero-order valence-corrected chi connectivity index (χ0v) is 12.1. The maximum absolute atomic E-state index is 12.3. The Labute approximate surface area is 117 Å². The zero-order valence-electron chi connectivity index (χ0n) is 12.1. The molecule has 110 valence electrons. The second-order valence-corrected chi connectivity index (χ2v) is 6.12. The molecule has 0 aliphatic carbocycles. The fourth-order valence-electron chi connectivity index (χ4n) is 3.38. The molecule has 2 saturated heterocycles. The number of carbonyl (C=O) groups is 1. The number of amides is 1. The summed E-state index contributed by atoms with van der Waals surface area (Å²) in [5.41, 5.74) is 5.65. The van der Waals surface area contributed by atoms with E-state index in [1.54, 1.807) is 0 Å². The van der Waals surface area contributed by atoms with Crippen molar-refractivity contribution < 1.29 is 4.79 Å². The lowest BCUT2D eigenvalue weighted by molar-refractivity contribution is -0.132. The van der Waals surface area contributed by atoms with E-state index in [4.69, 9.17) is 5.73 Å². The van der Waals surface area contributed by atoms with Crippen LogP contribution in [0.5, 0.6) is 0 Å². The van der Waals surface area contributed by atoms with Crippen LogP contribution in [0.25, 0.3) is 0 Å². The van der Waals surface area contributed by atoms with Crippen molar-refractivity contribution in [2.75, 3.05) is 39.3 Å². The SMILES string of the molecule is NCCC1CCCN(CC(=O)N2CCCCCC2)C1. The summed E-state index contributed by atoms with van der Waals surface area (Å²) in [6.07, 6.45) is 8.54. The summed E-state index contributed by atoms with van der Waals surface area (Å²) in [4.78, 5) is 16.8. The van der Waals surface area contributed by atoms with Gasteiger partial charge in [-0.05, 0) is 51.1 Å². The van der Waals surface area contributed by atoms with Gasteiger partial charge >= 0.3 is 0 Å². The first-order chi connectivity index (χ1) is 9.29. The van der Waals surface area contributed by atoms with Gasteiger partial charge in [-0.1, -0.05) is 12.8 Å². The van der Waals surface area contributed by atoms with Crippen LogP contribution in [0.1, 0.15) is 44.9 Å². The van der Waals surface area contributed by atoms with Gasteiger partial charge in [0.15, 0.2) is 0 Å². The summed E-state index contributed by atoms with van der Waals surface area (Å²) in [7, 11) is 0. The largest absolute Gasteiger partial charge is 0.342 e. The molecule has 2 fully saturated rings. The maximum atomic E-state index is 12.3. The van der Waals surface area contributed by atoms with Crippen LogP contribution >= 0.6 is 0 Å². The minimum atomic E-state index is 0.343. The predicted octanol–water partition coefficient (Wildman–Crippen LogP) is 1.45. The van der Waals surface area contributed by atoms with Gasteiger partial charge in [-0.15, -0.1) is 0 Å². The lowest BCUT2D eigenvalue weighted by Gasteiger charge is -2.33. The van der Waals surface area contributed by atoms with Gasteiger partial charge in [-0.2, -0.15) is 0 Å². The first kappa shape index (κ1) is 14.8. The van der Waals surface area contributed by atoms with Gasteiger partial charge in [0.1, 0.15) is 0 Å². The molecule has 19 heavy (non-hydrogen) atoms. The third-order valence-corrected chi connectivity index (χ3v) is 4.50. The molecule has 0 radical (unpaired) electrons. The summed E-state index contributed by atoms with van der Waals surface area (Å²) < 4.78 is 0. The first-order valence-electron chi connectivity index (χ1n) is 8.00. The molecule has 1 atom stereocenters. The third kappa shape index (κ3) is 4.77. The topological polar surface area (TPSA) is 49.6 Å². The summed E-state index contributed by atoms with van der Waals surface area (Å²) >= 11 is 0. The molecule has 0 saturated carbocycles. The van der Waals surface area contributed by atoms with Crippen molar-refractivity contribution in [2.24, 2.45) is 11.7 Å². The third-order valence-electron chi connectivity index (χ3n) is 4.50. The number of hydrogen-bond acceptors (Lipinski definition) is 3. The van der Waals surface area contributed by atoms with Crippen molar-refractivity contribution in [3.05, 3.63) is 0 Å². The van der Waals surface area contributed by atoms with E-state index in [0.717, 1.165) is 39.1 Å². The van der Waals surface area contributed by atoms with E-state index in [1.807, 2.05) is 0 Å². The van der Waals surface area contributed by atoms with E-state index in [-0.39, 0.29) is 0 Å². The Kier molecular flexibility index (Phi) is 6.11. The molecule has 4 nitrogen and oxygen atoms in total. The number of carbonyl (C=O) groups excluding carboxylic acids is 1. The van der Waals surface area contributed by atoms with Crippen LogP contribution in [0.15, 0.2) is 0 Å². The second-order valence-electron chi connectivity index (χ2n) is 6.12. The van der Waals surface area contributed by atoms with E-state index in [2.05, 4.69) is 9.80 Å². The number of nitrogens with zero attached hydrogens (tertiary/aromatic N) is 2. The van der Waals surface area contributed by atoms with Crippen LogP contribution in [0.3, 0.4) is 0 Å². The van der Waals surface area contributed by atoms with E-state index < -0.39 is 0 Å². The van der Waals surface area contributed by atoms with Gasteiger partial charge in [0.25, 0.3) is 0 Å². The van der Waals surface area contributed by atoms with Crippen molar-refractivity contribution >= 4 is 5.91 Å². The summed E-state index contributed by atoms with van der Waals surface area (Å²) in [5, 5.41) is 0. The Morgan fingerprint density at radius 3 is 2.47 bits per heavy atom. The minimum Gasteiger partial charge on any atom is -0.342 e. The molecule has 0 aromatic carbocycles. The first-order valence-corrected chi connectivity index (χ1v) is 8.00. The van der Waals surface area contributed by atoms with Gasteiger partial charge in [-0.25, -0.2) is 0 Å². The molecule has 2 heterocycles. The molecule has 2 aliphatic heterocycles. The van der Waals surface area contributed by atoms with Gasteiger partial charge in [0.2, 0.25) is 5.91 Å². The quantitative estimate of drug-likeness (QED) is 0.839. The van der Waals surface area contributed by atoms with Crippen molar-refractivity contribution in [1.82, 2.24) is 9.80 Å². The minimum absolute atomic E-state index is 0.343. The molecule has 2 aliphatic rings. The van der Waals surface area contributed by atoms with Crippen molar-refractivity contribution in [2.45, 2.75) is 44.9 Å². The van der Waals surface area contributed by atoms with Gasteiger partial charge in [-0.3, -0.25) is 9.69 Å². The molecule has 2 rings (SSSR count). The molecule has 4 heteroatoms. The highest BCUT2D eigenvalue weighted by Gasteiger charge is 2.23. The fourth-order valence-corrected chi connectivity index (χ4v) is 3.38. The summed E-state index contributed by atoms with van der Waals surface area (Å²) in [6.45, 7) is 5.49. The highest BCUT2D eigenvalue weighted by atomic mass is 16.2. The van der Waals surface area contributed by atoms with Gasteiger partial charge in [0.05, 0.1) is 6.54 Å². The van der Waals surface area contributed by atoms with E-state index in [9.17, 15) is 4.79 Å². The highest BCUT2D eigenvalue weighted by molar-refractivity contribution is 5.78. The Morgan fingerprint density at radius 2 is 1.79 bits per heavy atom. The second kappa shape index (κ2) is 7.85. The normalized spacial score (nSPS) is 26.2. The lowest BCUT2D eigenvalue weighted by Crippen LogP contribution is -2.44. The van der Waals surface area contributed by atoms with Crippen LogP contribution in [0.4, 0.5) is 0 Å². The van der Waals surface area contributed by atoms with E-state index in [0.29, 0.717) is 18.4 Å². The van der Waals surface area contributed by atoms with E-state index in [1.165, 1.54) is 38.5 Å². The molecule has 1 unspecified atom stereocenters. The highest BCUT2D eigenvalue weighted by Crippen LogP contribution is 2.19. The van der Waals surface area contributed by atoms with Gasteiger partial charge in [0, 0.05) is 19.6 Å². The van der Waals surface area contributed by atoms with Crippen LogP contribution in [-0.4, -0.2) is 55.0 Å². The fraction of sp³-hybridized carbons (Fsp3) is 0.933. The molecular weight excluding hydrogens is 238 g/mol. The Morgan fingerprint density at radius 1 is 1.05 bits per heavy atom. The van der Waals surface area contributed by atoms with Crippen LogP contribution in [0, 0.1) is 5.92 Å². The van der Waals surface area contributed by atoms with Gasteiger partial charge < -0.3 is 10.6 Å². The van der Waals surface area contributed by atoms with Crippen molar-refractivity contribution in [3.63, 3.8) is 0 Å². The predicted molar refractivity (Wildman–Crippen MR) is 77.9 cm³/mol. The van der Waals surface area contributed by atoms with Crippen molar-refractivity contribution in [1.29, 1.82) is 0 Å². The average Bonchev–Trinajstić information content (AvgIpc) is 2.68. The number of rotatable bonds is 4. The Hall–Kier alpha value is -0.610. The Balaban J connectivity index is 1.77. The maximum Gasteiger partial charge on any atom is 0.236 e. The molecule has 0 aromatic heterocycles.